The third-order valence-corrected chi connectivity index (χ3v) is 7.59. The molecule has 8 aromatic rings. The minimum Gasteiger partial charge on any atom is -0.454 e. The van der Waals surface area contributed by atoms with E-state index in [1.54, 1.807) is 12.4 Å². The van der Waals surface area contributed by atoms with Gasteiger partial charge in [-0.05, 0) is 73.7 Å². The normalized spacial score (nSPS) is 12.1. The molecule has 0 atom stereocenters. The number of fused-ring (bicyclic) bond motifs is 7. The van der Waals surface area contributed by atoms with E-state index in [1.807, 2.05) is 55.1 Å². The average molecular weight is 519 g/mol. The monoisotopic (exact) mass is 518 g/mol. The molecule has 0 fully saturated rings. The van der Waals surface area contributed by atoms with Crippen LogP contribution in [0.15, 0.2) is 114 Å². The molecule has 0 saturated heterocycles. The van der Waals surface area contributed by atoms with E-state index in [9.17, 15) is 0 Å². The Kier molecular flexibility index (Phi) is 4.75. The smallest absolute Gasteiger partial charge is 0.153 e. The van der Waals surface area contributed by atoms with E-state index in [2.05, 4.69) is 74.0 Å². The van der Waals surface area contributed by atoms with Crippen molar-refractivity contribution in [2.45, 2.75) is 6.92 Å². The van der Waals surface area contributed by atoms with Crippen LogP contribution in [0.25, 0.3) is 66.3 Å². The highest BCUT2D eigenvalue weighted by Gasteiger charge is 2.19. The predicted molar refractivity (Wildman–Crippen MR) is 161 cm³/mol. The van der Waals surface area contributed by atoms with Crippen molar-refractivity contribution in [3.8, 4) is 11.4 Å². The molecule has 6 aromatic heterocycles. The van der Waals surface area contributed by atoms with Crippen molar-refractivity contribution < 1.29 is 4.42 Å². The number of hydrogen-bond acceptors (Lipinski definition) is 5. The zero-order chi connectivity index (χ0) is 26.8. The zero-order valence-corrected chi connectivity index (χ0v) is 21.6. The van der Waals surface area contributed by atoms with Crippen molar-refractivity contribution in [1.82, 2.24) is 24.1 Å². The molecular weight excluding hydrogens is 496 g/mol. The Morgan fingerprint density at radius 3 is 2.42 bits per heavy atom. The van der Waals surface area contributed by atoms with Gasteiger partial charge in [0.25, 0.3) is 0 Å². The van der Waals surface area contributed by atoms with Crippen LogP contribution in [0.5, 0.6) is 0 Å². The van der Waals surface area contributed by atoms with Gasteiger partial charge < -0.3 is 13.6 Å². The molecule has 0 radical (unpaired) electrons. The molecule has 0 aliphatic heterocycles. The maximum absolute atomic E-state index is 6.03. The van der Waals surface area contributed by atoms with Gasteiger partial charge >= 0.3 is 0 Å². The standard InChI is InChI=1S/C33H22N6O/c1-3-34-18-25-20(2)38(28-12-15-35-19-26(25)28)21-8-10-27-23(16-21)32-29(6-4-13-36-32)39(27)22-9-11-30-24(17-22)33-31(40-30)7-5-14-37-33/h3-19H,1H2,2H3. The van der Waals surface area contributed by atoms with E-state index in [-0.39, 0.29) is 0 Å². The third-order valence-electron chi connectivity index (χ3n) is 7.59. The quantitative estimate of drug-likeness (QED) is 0.224. The summed E-state index contributed by atoms with van der Waals surface area (Å²) in [4.78, 5) is 18.1. The minimum absolute atomic E-state index is 0.783. The molecule has 0 unspecified atom stereocenters. The van der Waals surface area contributed by atoms with Gasteiger partial charge in [-0.3, -0.25) is 19.9 Å². The Hall–Kier alpha value is -5.56. The second-order valence-corrected chi connectivity index (χ2v) is 9.73. The van der Waals surface area contributed by atoms with Crippen LogP contribution in [-0.4, -0.2) is 30.3 Å². The number of hydrogen-bond donors (Lipinski definition) is 0. The molecule has 0 aliphatic carbocycles. The lowest BCUT2D eigenvalue weighted by Crippen LogP contribution is -1.98. The summed E-state index contributed by atoms with van der Waals surface area (Å²) in [6.07, 6.45) is 10.8. The van der Waals surface area contributed by atoms with E-state index < -0.39 is 0 Å². The second kappa shape index (κ2) is 8.47. The number of benzene rings is 2. The van der Waals surface area contributed by atoms with Gasteiger partial charge in [0.1, 0.15) is 11.1 Å². The first-order valence-corrected chi connectivity index (χ1v) is 13.0. The SMILES string of the molecule is C=CN=Cc1c(C)n(-c2ccc3c(c2)c2ncccc2n3-c2ccc3oc4cccnc4c3c2)c2ccncc12. The number of pyridine rings is 3. The molecular formula is C33H22N6O. The highest BCUT2D eigenvalue weighted by Crippen LogP contribution is 2.36. The van der Waals surface area contributed by atoms with E-state index in [4.69, 9.17) is 9.40 Å². The Labute approximate surface area is 228 Å². The van der Waals surface area contributed by atoms with Gasteiger partial charge in [0.05, 0.1) is 22.1 Å². The van der Waals surface area contributed by atoms with Crippen LogP contribution in [0.4, 0.5) is 0 Å². The van der Waals surface area contributed by atoms with E-state index in [1.165, 1.54) is 0 Å². The largest absolute Gasteiger partial charge is 0.454 e. The van der Waals surface area contributed by atoms with Gasteiger partial charge in [-0.25, -0.2) is 0 Å². The zero-order valence-electron chi connectivity index (χ0n) is 21.6. The highest BCUT2D eigenvalue weighted by molar-refractivity contribution is 6.09. The summed E-state index contributed by atoms with van der Waals surface area (Å²) in [6.45, 7) is 5.84. The molecule has 2 aromatic carbocycles. The molecule has 0 aliphatic rings. The number of aliphatic imine (C=N–C) groups is 1. The molecule has 7 heteroatoms. The lowest BCUT2D eigenvalue weighted by atomic mass is 10.2. The molecule has 8 rings (SSSR count). The van der Waals surface area contributed by atoms with Crippen molar-refractivity contribution in [3.05, 3.63) is 116 Å². The van der Waals surface area contributed by atoms with E-state index >= 15 is 0 Å². The molecule has 0 bridgehead atoms. The molecule has 40 heavy (non-hydrogen) atoms. The Bertz CT molecular complexity index is 2320. The van der Waals surface area contributed by atoms with Crippen molar-refractivity contribution in [2.75, 3.05) is 0 Å². The Morgan fingerprint density at radius 2 is 1.52 bits per heavy atom. The summed E-state index contributed by atoms with van der Waals surface area (Å²) < 4.78 is 10.5. The maximum atomic E-state index is 6.03. The van der Waals surface area contributed by atoms with Crippen LogP contribution in [0, 0.1) is 6.92 Å². The first kappa shape index (κ1) is 22.4. The lowest BCUT2D eigenvalue weighted by molar-refractivity contribution is 0.668. The minimum atomic E-state index is 0.783. The van der Waals surface area contributed by atoms with Gasteiger partial charge in [-0.15, -0.1) is 0 Å². The van der Waals surface area contributed by atoms with Crippen molar-refractivity contribution >= 4 is 61.1 Å². The lowest BCUT2D eigenvalue weighted by Gasteiger charge is -2.11. The fourth-order valence-corrected chi connectivity index (χ4v) is 5.87. The van der Waals surface area contributed by atoms with Crippen molar-refractivity contribution in [2.24, 2.45) is 4.99 Å². The topological polar surface area (TPSA) is 74.0 Å². The number of furan rings is 1. The number of nitrogens with zero attached hydrogens (tertiary/aromatic N) is 6. The molecule has 6 heterocycles. The summed E-state index contributed by atoms with van der Waals surface area (Å²) in [5.41, 5.74) is 10.8. The third kappa shape index (κ3) is 3.12. The van der Waals surface area contributed by atoms with Crippen molar-refractivity contribution in [3.63, 3.8) is 0 Å². The Balaban J connectivity index is 1.39. The summed E-state index contributed by atoms with van der Waals surface area (Å²) in [5, 5.41) is 3.10. The van der Waals surface area contributed by atoms with Gasteiger partial charge in [0.15, 0.2) is 5.58 Å². The summed E-state index contributed by atoms with van der Waals surface area (Å²) in [5.74, 6) is 0. The van der Waals surface area contributed by atoms with Gasteiger partial charge in [-0.2, -0.15) is 0 Å². The van der Waals surface area contributed by atoms with E-state index in [0.29, 0.717) is 0 Å². The molecule has 0 spiro atoms. The molecule has 190 valence electrons. The van der Waals surface area contributed by atoms with Crippen LogP contribution in [0.2, 0.25) is 0 Å². The van der Waals surface area contributed by atoms with Gasteiger partial charge in [0, 0.05) is 76.0 Å². The molecule has 0 saturated carbocycles. The highest BCUT2D eigenvalue weighted by atomic mass is 16.3. The molecule has 7 nitrogen and oxygen atoms in total. The predicted octanol–water partition coefficient (Wildman–Crippen LogP) is 7.68. The fourth-order valence-electron chi connectivity index (χ4n) is 5.87. The van der Waals surface area contributed by atoms with Crippen LogP contribution in [0.3, 0.4) is 0 Å². The Morgan fingerprint density at radius 1 is 0.750 bits per heavy atom. The first-order valence-electron chi connectivity index (χ1n) is 13.0. The summed E-state index contributed by atoms with van der Waals surface area (Å²) in [6, 6.07) is 22.8. The first-order chi connectivity index (χ1) is 19.7. The summed E-state index contributed by atoms with van der Waals surface area (Å²) in [7, 11) is 0. The maximum Gasteiger partial charge on any atom is 0.153 e. The van der Waals surface area contributed by atoms with Gasteiger partial charge in [-0.1, -0.05) is 6.58 Å². The molecule has 0 N–H and O–H groups in total. The average Bonchev–Trinajstić information content (AvgIpc) is 3.62. The second-order valence-electron chi connectivity index (χ2n) is 9.73. The van der Waals surface area contributed by atoms with Gasteiger partial charge in [0.2, 0.25) is 0 Å². The van der Waals surface area contributed by atoms with E-state index in [0.717, 1.165) is 77.5 Å². The fraction of sp³-hybridized carbons (Fsp3) is 0.0303. The number of aromatic nitrogens is 5. The van der Waals surface area contributed by atoms with Crippen LogP contribution < -0.4 is 0 Å². The van der Waals surface area contributed by atoms with Crippen molar-refractivity contribution in [1.29, 1.82) is 0 Å². The van der Waals surface area contributed by atoms with Crippen LogP contribution >= 0.6 is 0 Å². The number of rotatable bonds is 4. The summed E-state index contributed by atoms with van der Waals surface area (Å²) >= 11 is 0. The van der Waals surface area contributed by atoms with Crippen LogP contribution in [-0.2, 0) is 0 Å². The molecule has 0 amide bonds. The van der Waals surface area contributed by atoms with Crippen LogP contribution in [0.1, 0.15) is 11.3 Å².